The standard InChI is InChI=1S/C15H18F3NO/c16-15(17,18)13(11-7-3-1-4-8-11)19-14(20)12-9-5-2-6-10-12/h2,5-6,9-11,13H,1,3-4,7-8H2,(H,19,20)/t13-/m0/s1. The van der Waals surface area contributed by atoms with Crippen LogP contribution in [0.25, 0.3) is 0 Å². The number of benzene rings is 1. The molecular weight excluding hydrogens is 267 g/mol. The first-order chi connectivity index (χ1) is 9.48. The molecule has 1 N–H and O–H groups in total. The van der Waals surface area contributed by atoms with Gasteiger partial charge in [0.1, 0.15) is 6.04 Å². The van der Waals surface area contributed by atoms with Crippen molar-refractivity contribution in [3.05, 3.63) is 35.9 Å². The second-order valence-corrected chi connectivity index (χ2v) is 5.26. The Hall–Kier alpha value is -1.52. The zero-order chi connectivity index (χ0) is 14.6. The maximum absolute atomic E-state index is 13.2. The Morgan fingerprint density at radius 1 is 1.10 bits per heavy atom. The lowest BCUT2D eigenvalue weighted by atomic mass is 9.83. The van der Waals surface area contributed by atoms with E-state index in [1.54, 1.807) is 18.2 Å². The Balaban J connectivity index is 2.10. The van der Waals surface area contributed by atoms with Gasteiger partial charge in [0.2, 0.25) is 0 Å². The lowest BCUT2D eigenvalue weighted by Crippen LogP contribution is -2.50. The van der Waals surface area contributed by atoms with E-state index in [2.05, 4.69) is 5.32 Å². The van der Waals surface area contributed by atoms with E-state index >= 15 is 0 Å². The zero-order valence-corrected chi connectivity index (χ0v) is 11.1. The Morgan fingerprint density at radius 3 is 2.25 bits per heavy atom. The van der Waals surface area contributed by atoms with Gasteiger partial charge in [-0.05, 0) is 30.9 Å². The van der Waals surface area contributed by atoms with Crippen LogP contribution in [0, 0.1) is 5.92 Å². The molecule has 1 aromatic carbocycles. The average molecular weight is 285 g/mol. The van der Waals surface area contributed by atoms with Crippen LogP contribution < -0.4 is 5.32 Å². The molecule has 0 aliphatic heterocycles. The number of alkyl halides is 3. The van der Waals surface area contributed by atoms with Crippen LogP contribution in [0.4, 0.5) is 13.2 Å². The van der Waals surface area contributed by atoms with E-state index in [9.17, 15) is 18.0 Å². The monoisotopic (exact) mass is 285 g/mol. The molecule has 2 nitrogen and oxygen atoms in total. The molecule has 0 aromatic heterocycles. The van der Waals surface area contributed by atoms with Crippen molar-refractivity contribution in [3.63, 3.8) is 0 Å². The van der Waals surface area contributed by atoms with Crippen molar-refractivity contribution < 1.29 is 18.0 Å². The first-order valence-electron chi connectivity index (χ1n) is 6.91. The van der Waals surface area contributed by atoms with Gasteiger partial charge in [0.25, 0.3) is 5.91 Å². The predicted molar refractivity (Wildman–Crippen MR) is 70.3 cm³/mol. The smallest absolute Gasteiger partial charge is 0.340 e. The number of nitrogens with one attached hydrogen (secondary N) is 1. The molecule has 1 amide bonds. The van der Waals surface area contributed by atoms with Gasteiger partial charge in [-0.25, -0.2) is 0 Å². The highest BCUT2D eigenvalue weighted by molar-refractivity contribution is 5.94. The van der Waals surface area contributed by atoms with Crippen molar-refractivity contribution in [1.82, 2.24) is 5.32 Å². The summed E-state index contributed by atoms with van der Waals surface area (Å²) in [5.74, 6) is -1.16. The molecular formula is C15H18F3NO. The fraction of sp³-hybridized carbons (Fsp3) is 0.533. The first-order valence-corrected chi connectivity index (χ1v) is 6.91. The minimum atomic E-state index is -4.40. The van der Waals surface area contributed by atoms with Crippen molar-refractivity contribution in [2.75, 3.05) is 0 Å². The number of amides is 1. The summed E-state index contributed by atoms with van der Waals surface area (Å²) >= 11 is 0. The molecule has 0 heterocycles. The Labute approximate surface area is 116 Å². The van der Waals surface area contributed by atoms with E-state index in [0.29, 0.717) is 12.8 Å². The van der Waals surface area contributed by atoms with Gasteiger partial charge in [-0.15, -0.1) is 0 Å². The van der Waals surface area contributed by atoms with Crippen molar-refractivity contribution in [2.24, 2.45) is 5.92 Å². The maximum Gasteiger partial charge on any atom is 0.408 e. The second kappa shape index (κ2) is 6.29. The molecule has 0 unspecified atom stereocenters. The van der Waals surface area contributed by atoms with Gasteiger partial charge in [-0.2, -0.15) is 13.2 Å². The molecule has 5 heteroatoms. The lowest BCUT2D eigenvalue weighted by Gasteiger charge is -2.32. The zero-order valence-electron chi connectivity index (χ0n) is 11.1. The Bertz CT molecular complexity index is 438. The van der Waals surface area contributed by atoms with Crippen LogP contribution in [0.15, 0.2) is 30.3 Å². The normalized spacial score (nSPS) is 18.6. The summed E-state index contributed by atoms with van der Waals surface area (Å²) in [6.45, 7) is 0. The third-order valence-corrected chi connectivity index (χ3v) is 3.80. The largest absolute Gasteiger partial charge is 0.408 e. The highest BCUT2D eigenvalue weighted by Crippen LogP contribution is 2.34. The number of carbonyl (C=O) groups excluding carboxylic acids is 1. The average Bonchev–Trinajstić information content (AvgIpc) is 2.45. The molecule has 0 bridgehead atoms. The molecule has 2 rings (SSSR count). The van der Waals surface area contributed by atoms with Crippen LogP contribution in [0.2, 0.25) is 0 Å². The van der Waals surface area contributed by atoms with Crippen molar-refractivity contribution in [3.8, 4) is 0 Å². The van der Waals surface area contributed by atoms with Crippen LogP contribution >= 0.6 is 0 Å². The first kappa shape index (κ1) is 14.9. The van der Waals surface area contributed by atoms with E-state index in [-0.39, 0.29) is 5.56 Å². The molecule has 1 aromatic rings. The number of hydrogen-bond acceptors (Lipinski definition) is 1. The fourth-order valence-corrected chi connectivity index (χ4v) is 2.75. The molecule has 1 aliphatic carbocycles. The van der Waals surface area contributed by atoms with Gasteiger partial charge in [-0.1, -0.05) is 37.5 Å². The van der Waals surface area contributed by atoms with E-state index in [0.717, 1.165) is 19.3 Å². The number of carbonyl (C=O) groups is 1. The van der Waals surface area contributed by atoms with Gasteiger partial charge in [0, 0.05) is 5.56 Å². The molecule has 0 saturated heterocycles. The molecule has 1 atom stereocenters. The summed E-state index contributed by atoms with van der Waals surface area (Å²) in [7, 11) is 0. The molecule has 0 radical (unpaired) electrons. The Morgan fingerprint density at radius 2 is 1.70 bits per heavy atom. The molecule has 0 spiro atoms. The van der Waals surface area contributed by atoms with Crippen LogP contribution in [-0.4, -0.2) is 18.1 Å². The summed E-state index contributed by atoms with van der Waals surface area (Å²) in [6, 6.07) is 6.29. The molecule has 1 fully saturated rings. The molecule has 20 heavy (non-hydrogen) atoms. The topological polar surface area (TPSA) is 29.1 Å². The van der Waals surface area contributed by atoms with Crippen molar-refractivity contribution >= 4 is 5.91 Å². The van der Waals surface area contributed by atoms with Crippen LogP contribution in [0.3, 0.4) is 0 Å². The van der Waals surface area contributed by atoms with Gasteiger partial charge >= 0.3 is 6.18 Å². The minimum Gasteiger partial charge on any atom is -0.340 e. The van der Waals surface area contributed by atoms with E-state index in [1.165, 1.54) is 12.1 Å². The van der Waals surface area contributed by atoms with Gasteiger partial charge in [-0.3, -0.25) is 4.79 Å². The number of halogens is 3. The highest BCUT2D eigenvalue weighted by Gasteiger charge is 2.45. The summed E-state index contributed by atoms with van der Waals surface area (Å²) in [5.41, 5.74) is 0.262. The van der Waals surface area contributed by atoms with Gasteiger partial charge in [0.15, 0.2) is 0 Å². The number of rotatable bonds is 3. The van der Waals surface area contributed by atoms with Gasteiger partial charge in [0.05, 0.1) is 0 Å². The number of hydrogen-bond donors (Lipinski definition) is 1. The summed E-state index contributed by atoms with van der Waals surface area (Å²) in [6.07, 6.45) is -0.754. The second-order valence-electron chi connectivity index (χ2n) is 5.26. The third kappa shape index (κ3) is 3.74. The summed E-state index contributed by atoms with van der Waals surface area (Å²) < 4.78 is 39.5. The predicted octanol–water partition coefficient (Wildman–Crippen LogP) is 3.93. The highest BCUT2D eigenvalue weighted by atomic mass is 19.4. The van der Waals surface area contributed by atoms with Crippen LogP contribution in [0.5, 0.6) is 0 Å². The lowest BCUT2D eigenvalue weighted by molar-refractivity contribution is -0.167. The van der Waals surface area contributed by atoms with E-state index in [4.69, 9.17) is 0 Å². The van der Waals surface area contributed by atoms with Crippen LogP contribution in [-0.2, 0) is 0 Å². The fourth-order valence-electron chi connectivity index (χ4n) is 2.75. The maximum atomic E-state index is 13.2. The SMILES string of the molecule is O=C(N[C@@H](C1CCCCC1)C(F)(F)F)c1ccccc1. The van der Waals surface area contributed by atoms with E-state index < -0.39 is 24.0 Å². The van der Waals surface area contributed by atoms with Crippen LogP contribution in [0.1, 0.15) is 42.5 Å². The Kier molecular flexibility index (Phi) is 4.68. The van der Waals surface area contributed by atoms with Crippen molar-refractivity contribution in [2.45, 2.75) is 44.3 Å². The van der Waals surface area contributed by atoms with E-state index in [1.807, 2.05) is 0 Å². The minimum absolute atomic E-state index is 0.262. The molecule has 1 saturated carbocycles. The third-order valence-electron chi connectivity index (χ3n) is 3.80. The van der Waals surface area contributed by atoms with Gasteiger partial charge < -0.3 is 5.32 Å². The molecule has 110 valence electrons. The summed E-state index contributed by atoms with van der Waals surface area (Å²) in [4.78, 5) is 11.9. The van der Waals surface area contributed by atoms with Crippen molar-refractivity contribution in [1.29, 1.82) is 0 Å². The molecule has 1 aliphatic rings. The summed E-state index contributed by atoms with van der Waals surface area (Å²) in [5, 5.41) is 2.18. The quantitative estimate of drug-likeness (QED) is 0.895.